The van der Waals surface area contributed by atoms with Crippen molar-refractivity contribution in [3.05, 3.63) is 41.0 Å². The van der Waals surface area contributed by atoms with Crippen LogP contribution in [0.1, 0.15) is 29.7 Å². The number of H-pyrrole nitrogens is 1. The number of likely N-dealkylation sites (N-methyl/N-ethyl adjacent to an activating group) is 1. The first-order valence-corrected chi connectivity index (χ1v) is 6.96. The number of anilines is 2. The summed E-state index contributed by atoms with van der Waals surface area (Å²) >= 11 is 0. The molecule has 0 radical (unpaired) electrons. The third-order valence-electron chi connectivity index (χ3n) is 3.79. The van der Waals surface area contributed by atoms with Gasteiger partial charge in [0.1, 0.15) is 5.82 Å². The maximum Gasteiger partial charge on any atom is 0.258 e. The summed E-state index contributed by atoms with van der Waals surface area (Å²) < 4.78 is 0. The van der Waals surface area contributed by atoms with E-state index in [0.29, 0.717) is 11.3 Å². The highest BCUT2D eigenvalue weighted by molar-refractivity contribution is 6.35. The Bertz CT molecular complexity index is 758. The number of aromatic nitrogens is 2. The van der Waals surface area contributed by atoms with Gasteiger partial charge in [-0.1, -0.05) is 6.92 Å². The highest BCUT2D eigenvalue weighted by Crippen LogP contribution is 2.37. The van der Waals surface area contributed by atoms with Gasteiger partial charge in [-0.15, -0.1) is 0 Å². The van der Waals surface area contributed by atoms with Gasteiger partial charge >= 0.3 is 0 Å². The molecule has 3 N–H and O–H groups in total. The lowest BCUT2D eigenvalue weighted by molar-refractivity contribution is -0.112. The summed E-state index contributed by atoms with van der Waals surface area (Å²) in [7, 11) is 1.77. The Hall–Kier alpha value is -2.56. The molecule has 108 valence electrons. The van der Waals surface area contributed by atoms with Crippen LogP contribution in [0.4, 0.5) is 11.4 Å². The normalized spacial score (nSPS) is 15.9. The van der Waals surface area contributed by atoms with E-state index in [2.05, 4.69) is 9.97 Å². The van der Waals surface area contributed by atoms with Crippen molar-refractivity contribution < 1.29 is 4.79 Å². The van der Waals surface area contributed by atoms with E-state index in [4.69, 9.17) is 5.73 Å². The van der Waals surface area contributed by atoms with Crippen LogP contribution in [0.5, 0.6) is 0 Å². The second kappa shape index (κ2) is 4.77. The Morgan fingerprint density at radius 1 is 1.43 bits per heavy atom. The number of nitrogen functional groups attached to an aromatic ring is 1. The van der Waals surface area contributed by atoms with Gasteiger partial charge in [-0.3, -0.25) is 4.79 Å². The number of carbonyl (C=O) groups is 1. The summed E-state index contributed by atoms with van der Waals surface area (Å²) in [6.45, 7) is 4.00. The zero-order valence-electron chi connectivity index (χ0n) is 12.4. The molecule has 3 rings (SSSR count). The number of amides is 1. The van der Waals surface area contributed by atoms with E-state index < -0.39 is 0 Å². The van der Waals surface area contributed by atoms with Crippen molar-refractivity contribution in [3.8, 4) is 0 Å². The third kappa shape index (κ3) is 2.11. The molecule has 0 aliphatic carbocycles. The van der Waals surface area contributed by atoms with Gasteiger partial charge in [0.15, 0.2) is 0 Å². The van der Waals surface area contributed by atoms with Crippen molar-refractivity contribution in [1.29, 1.82) is 0 Å². The molecule has 1 aliphatic heterocycles. The van der Waals surface area contributed by atoms with E-state index in [-0.39, 0.29) is 5.91 Å². The van der Waals surface area contributed by atoms with Crippen molar-refractivity contribution >= 4 is 28.9 Å². The number of hydrogen-bond acceptors (Lipinski definition) is 3. The molecule has 0 spiro atoms. The number of carbonyl (C=O) groups excluding carboxylic acids is 1. The summed E-state index contributed by atoms with van der Waals surface area (Å²) in [5, 5.41) is 0. The van der Waals surface area contributed by atoms with Crippen LogP contribution >= 0.6 is 0 Å². The molecule has 5 nitrogen and oxygen atoms in total. The Kier molecular flexibility index (Phi) is 3.05. The number of aryl methyl sites for hydroxylation is 2. The fraction of sp³-hybridized carbons (Fsp3) is 0.250. The predicted molar refractivity (Wildman–Crippen MR) is 84.8 cm³/mol. The average Bonchev–Trinajstić information content (AvgIpc) is 2.93. The number of benzene rings is 1. The number of nitrogens with one attached hydrogen (secondary N) is 1. The lowest BCUT2D eigenvalue weighted by Gasteiger charge is -2.08. The van der Waals surface area contributed by atoms with E-state index >= 15 is 0 Å². The van der Waals surface area contributed by atoms with Gasteiger partial charge in [-0.25, -0.2) is 4.98 Å². The average molecular weight is 282 g/mol. The van der Waals surface area contributed by atoms with Gasteiger partial charge in [0.05, 0.1) is 17.0 Å². The van der Waals surface area contributed by atoms with E-state index in [0.717, 1.165) is 34.9 Å². The number of aromatic amines is 1. The highest BCUT2D eigenvalue weighted by Gasteiger charge is 2.30. The van der Waals surface area contributed by atoms with Gasteiger partial charge in [0, 0.05) is 30.4 Å². The molecule has 2 heterocycles. The van der Waals surface area contributed by atoms with Gasteiger partial charge in [0.25, 0.3) is 5.91 Å². The van der Waals surface area contributed by atoms with Crippen molar-refractivity contribution in [3.63, 3.8) is 0 Å². The topological polar surface area (TPSA) is 75.0 Å². The molecule has 21 heavy (non-hydrogen) atoms. The smallest absolute Gasteiger partial charge is 0.258 e. The van der Waals surface area contributed by atoms with E-state index in [9.17, 15) is 4.79 Å². The summed E-state index contributed by atoms with van der Waals surface area (Å²) in [5.74, 6) is 0.891. The number of nitrogens with zero attached hydrogens (tertiary/aromatic N) is 2. The van der Waals surface area contributed by atoms with Crippen molar-refractivity contribution in [2.45, 2.75) is 20.3 Å². The minimum Gasteiger partial charge on any atom is -0.399 e. The van der Waals surface area contributed by atoms with E-state index in [1.807, 2.05) is 32.1 Å². The van der Waals surface area contributed by atoms with Gasteiger partial charge in [-0.05, 0) is 31.2 Å². The molecule has 5 heteroatoms. The Morgan fingerprint density at radius 2 is 2.19 bits per heavy atom. The van der Waals surface area contributed by atoms with Crippen LogP contribution in [-0.2, 0) is 11.2 Å². The SMILES string of the molecule is CCc1nc(/C=C2\C(=O)N(C)c3ccc(N)cc32)c(C)[nH]1. The fourth-order valence-corrected chi connectivity index (χ4v) is 2.59. The number of fused-ring (bicyclic) bond motifs is 1. The van der Waals surface area contributed by atoms with Crippen molar-refractivity contribution in [1.82, 2.24) is 9.97 Å². The minimum absolute atomic E-state index is 0.0314. The zero-order chi connectivity index (χ0) is 15.1. The summed E-state index contributed by atoms with van der Waals surface area (Å²) in [6, 6.07) is 5.52. The van der Waals surface area contributed by atoms with Gasteiger partial charge in [0.2, 0.25) is 0 Å². The molecule has 0 atom stereocenters. The highest BCUT2D eigenvalue weighted by atomic mass is 16.2. The molecular weight excluding hydrogens is 264 g/mol. The lowest BCUT2D eigenvalue weighted by Crippen LogP contribution is -2.20. The third-order valence-corrected chi connectivity index (χ3v) is 3.79. The van der Waals surface area contributed by atoms with Crippen LogP contribution in [0.15, 0.2) is 18.2 Å². The molecule has 1 aromatic heterocycles. The molecule has 1 aliphatic rings. The number of nitrogens with two attached hydrogens (primary N) is 1. The molecule has 2 aromatic rings. The maximum atomic E-state index is 12.4. The van der Waals surface area contributed by atoms with Gasteiger partial charge < -0.3 is 15.6 Å². The molecule has 0 bridgehead atoms. The second-order valence-corrected chi connectivity index (χ2v) is 5.25. The van der Waals surface area contributed by atoms with Crippen molar-refractivity contribution in [2.24, 2.45) is 0 Å². The van der Waals surface area contributed by atoms with Crippen LogP contribution in [0.25, 0.3) is 11.6 Å². The second-order valence-electron chi connectivity index (χ2n) is 5.25. The minimum atomic E-state index is -0.0314. The number of imidazole rings is 1. The summed E-state index contributed by atoms with van der Waals surface area (Å²) in [6.07, 6.45) is 2.68. The van der Waals surface area contributed by atoms with Gasteiger partial charge in [-0.2, -0.15) is 0 Å². The van der Waals surface area contributed by atoms with E-state index in [1.165, 1.54) is 0 Å². The fourth-order valence-electron chi connectivity index (χ4n) is 2.59. The molecule has 0 saturated heterocycles. The van der Waals surface area contributed by atoms with Crippen LogP contribution in [0.3, 0.4) is 0 Å². The number of rotatable bonds is 2. The first kappa shape index (κ1) is 13.4. The predicted octanol–water partition coefficient (Wildman–Crippen LogP) is 2.38. The zero-order valence-corrected chi connectivity index (χ0v) is 12.4. The van der Waals surface area contributed by atoms with Crippen LogP contribution in [0, 0.1) is 6.92 Å². The molecule has 0 saturated carbocycles. The Labute approximate surface area is 123 Å². The van der Waals surface area contributed by atoms with Crippen LogP contribution in [0.2, 0.25) is 0 Å². The first-order chi connectivity index (χ1) is 10.0. The molecular formula is C16H18N4O. The summed E-state index contributed by atoms with van der Waals surface area (Å²) in [4.78, 5) is 21.8. The molecule has 0 fully saturated rings. The van der Waals surface area contributed by atoms with Crippen LogP contribution < -0.4 is 10.6 Å². The molecule has 0 unspecified atom stereocenters. The standard InChI is InChI=1S/C16H18N4O/c1-4-15-18-9(2)13(19-15)8-12-11-7-10(17)5-6-14(11)20(3)16(12)21/h5-8H,4,17H2,1-3H3,(H,18,19)/b12-8-. The quantitative estimate of drug-likeness (QED) is 0.656. The molecule has 1 aromatic carbocycles. The van der Waals surface area contributed by atoms with Crippen LogP contribution in [-0.4, -0.2) is 22.9 Å². The lowest BCUT2D eigenvalue weighted by atomic mass is 10.0. The monoisotopic (exact) mass is 282 g/mol. The molecule has 1 amide bonds. The van der Waals surface area contributed by atoms with E-state index in [1.54, 1.807) is 18.0 Å². The van der Waals surface area contributed by atoms with Crippen molar-refractivity contribution in [2.75, 3.05) is 17.7 Å². The largest absolute Gasteiger partial charge is 0.399 e. The Balaban J connectivity index is 2.14. The Morgan fingerprint density at radius 3 is 2.86 bits per heavy atom. The first-order valence-electron chi connectivity index (χ1n) is 6.96. The summed E-state index contributed by atoms with van der Waals surface area (Å²) in [5.41, 5.74) is 10.7. The number of hydrogen-bond donors (Lipinski definition) is 2. The maximum absolute atomic E-state index is 12.4.